The van der Waals surface area contributed by atoms with Crippen molar-refractivity contribution < 1.29 is 22.4 Å². The number of halogens is 3. The van der Waals surface area contributed by atoms with Crippen LogP contribution in [0, 0.1) is 0 Å². The van der Waals surface area contributed by atoms with Gasteiger partial charge < -0.3 is 15.0 Å². The quantitative estimate of drug-likeness (QED) is 0.930. The summed E-state index contributed by atoms with van der Waals surface area (Å²) >= 11 is 0. The minimum Gasteiger partial charge on any atom is -0.494 e. The average molecular weight is 272 g/mol. The third-order valence-corrected chi connectivity index (χ3v) is 2.43. The van der Waals surface area contributed by atoms with Gasteiger partial charge in [0.25, 0.3) is 0 Å². The van der Waals surface area contributed by atoms with Crippen molar-refractivity contribution in [2.75, 3.05) is 12.3 Å². The Kier molecular flexibility index (Phi) is 3.37. The van der Waals surface area contributed by atoms with Gasteiger partial charge in [0, 0.05) is 0 Å². The number of hydrogen-bond donors (Lipinski definition) is 1. The lowest BCUT2D eigenvalue weighted by Gasteiger charge is -2.07. The maximum Gasteiger partial charge on any atom is 0.453 e. The number of hydrogen-bond acceptors (Lipinski definition) is 4. The molecule has 1 aromatic heterocycles. The molecule has 102 valence electrons. The largest absolute Gasteiger partial charge is 0.494 e. The summed E-state index contributed by atoms with van der Waals surface area (Å²) in [7, 11) is 0. The highest BCUT2D eigenvalue weighted by atomic mass is 19.4. The number of benzene rings is 1. The van der Waals surface area contributed by atoms with Crippen molar-refractivity contribution in [1.29, 1.82) is 0 Å². The van der Waals surface area contributed by atoms with Gasteiger partial charge in [-0.3, -0.25) is 0 Å². The Morgan fingerprint density at radius 2 is 1.89 bits per heavy atom. The van der Waals surface area contributed by atoms with Gasteiger partial charge in [0.15, 0.2) is 5.82 Å². The molecule has 0 radical (unpaired) electrons. The van der Waals surface area contributed by atoms with Gasteiger partial charge in [-0.1, -0.05) is 17.3 Å². The van der Waals surface area contributed by atoms with Crippen LogP contribution in [0.1, 0.15) is 12.7 Å². The smallest absolute Gasteiger partial charge is 0.453 e. The van der Waals surface area contributed by atoms with E-state index < -0.39 is 11.9 Å². The predicted octanol–water partition coefficient (Wildman–Crippen LogP) is 3.34. The molecule has 0 bridgehead atoms. The van der Waals surface area contributed by atoms with E-state index in [1.165, 1.54) is 12.1 Å². The second-order valence-electron chi connectivity index (χ2n) is 3.73. The summed E-state index contributed by atoms with van der Waals surface area (Å²) in [6, 6.07) is 6.07. The van der Waals surface area contributed by atoms with Crippen LogP contribution in [0.2, 0.25) is 0 Å². The number of nitrogen functional groups attached to an aromatic ring is 1. The summed E-state index contributed by atoms with van der Waals surface area (Å²) in [6.45, 7) is 2.29. The molecule has 2 N–H and O–H groups in total. The lowest BCUT2D eigenvalue weighted by atomic mass is 10.1. The van der Waals surface area contributed by atoms with Crippen molar-refractivity contribution in [3.63, 3.8) is 0 Å². The van der Waals surface area contributed by atoms with E-state index in [0.717, 1.165) is 0 Å². The lowest BCUT2D eigenvalue weighted by molar-refractivity contribution is -0.154. The van der Waals surface area contributed by atoms with E-state index in [1.54, 1.807) is 12.1 Å². The molecule has 0 atom stereocenters. The Hall–Kier alpha value is -2.18. The summed E-state index contributed by atoms with van der Waals surface area (Å²) in [5, 5.41) is 3.17. The number of alkyl halides is 3. The predicted molar refractivity (Wildman–Crippen MR) is 62.5 cm³/mol. The SMILES string of the molecule is CCOc1ccc(-c2c(N)noc2C(F)(F)F)cc1. The third-order valence-electron chi connectivity index (χ3n) is 2.43. The lowest BCUT2D eigenvalue weighted by Crippen LogP contribution is -2.05. The van der Waals surface area contributed by atoms with E-state index in [4.69, 9.17) is 10.5 Å². The fraction of sp³-hybridized carbons (Fsp3) is 0.250. The fourth-order valence-corrected chi connectivity index (χ4v) is 1.66. The number of rotatable bonds is 3. The Morgan fingerprint density at radius 3 is 2.42 bits per heavy atom. The normalized spacial score (nSPS) is 11.6. The van der Waals surface area contributed by atoms with Crippen LogP contribution in [0.4, 0.5) is 19.0 Å². The number of nitrogens with zero attached hydrogens (tertiary/aromatic N) is 1. The molecule has 7 heteroatoms. The van der Waals surface area contributed by atoms with Crippen LogP contribution in [0.3, 0.4) is 0 Å². The second kappa shape index (κ2) is 4.83. The minimum absolute atomic E-state index is 0.254. The van der Waals surface area contributed by atoms with Crippen LogP contribution in [-0.2, 0) is 6.18 Å². The molecule has 0 unspecified atom stereocenters. The van der Waals surface area contributed by atoms with Crippen molar-refractivity contribution in [3.05, 3.63) is 30.0 Å². The van der Waals surface area contributed by atoms with Gasteiger partial charge in [-0.2, -0.15) is 13.2 Å². The van der Waals surface area contributed by atoms with E-state index in [1.807, 2.05) is 6.92 Å². The topological polar surface area (TPSA) is 61.3 Å². The zero-order chi connectivity index (χ0) is 14.0. The molecule has 19 heavy (non-hydrogen) atoms. The molecule has 0 fully saturated rings. The van der Waals surface area contributed by atoms with Crippen LogP contribution >= 0.6 is 0 Å². The van der Waals surface area contributed by atoms with E-state index in [0.29, 0.717) is 12.4 Å². The Morgan fingerprint density at radius 1 is 1.26 bits per heavy atom. The fourth-order valence-electron chi connectivity index (χ4n) is 1.66. The Bertz CT molecular complexity index is 561. The van der Waals surface area contributed by atoms with Gasteiger partial charge in [0.1, 0.15) is 5.75 Å². The van der Waals surface area contributed by atoms with E-state index in [9.17, 15) is 13.2 Å². The van der Waals surface area contributed by atoms with Crippen LogP contribution in [0.15, 0.2) is 28.8 Å². The molecule has 0 aliphatic rings. The van der Waals surface area contributed by atoms with Crippen molar-refractivity contribution in [3.8, 4) is 16.9 Å². The van der Waals surface area contributed by atoms with Gasteiger partial charge in [-0.05, 0) is 24.6 Å². The number of anilines is 1. The summed E-state index contributed by atoms with van der Waals surface area (Å²) in [6.07, 6.45) is -4.64. The first-order valence-corrected chi connectivity index (χ1v) is 5.49. The summed E-state index contributed by atoms with van der Waals surface area (Å²) in [4.78, 5) is 0. The Labute approximate surface area is 106 Å². The molecule has 0 aliphatic heterocycles. The van der Waals surface area contributed by atoms with Crippen LogP contribution in [0.5, 0.6) is 5.75 Å². The van der Waals surface area contributed by atoms with Crippen molar-refractivity contribution in [2.24, 2.45) is 0 Å². The van der Waals surface area contributed by atoms with Gasteiger partial charge in [-0.15, -0.1) is 0 Å². The molecule has 0 spiro atoms. The molecule has 2 rings (SSSR count). The molecule has 4 nitrogen and oxygen atoms in total. The Balaban J connectivity index is 2.44. The molecule has 2 aromatic rings. The standard InChI is InChI=1S/C12H11F3N2O2/c1-2-18-8-5-3-7(4-6-8)9-10(12(13,14)15)19-17-11(9)16/h3-6H,2H2,1H3,(H2,16,17). The average Bonchev–Trinajstić information content (AvgIpc) is 2.72. The van der Waals surface area contributed by atoms with E-state index in [-0.39, 0.29) is 16.9 Å². The summed E-state index contributed by atoms with van der Waals surface area (Å²) in [5.41, 5.74) is 5.45. The highest BCUT2D eigenvalue weighted by Gasteiger charge is 2.40. The van der Waals surface area contributed by atoms with Crippen molar-refractivity contribution >= 4 is 5.82 Å². The third kappa shape index (κ3) is 2.64. The molecular formula is C12H11F3N2O2. The summed E-state index contributed by atoms with van der Waals surface area (Å²) in [5.74, 6) is -0.930. The zero-order valence-electron chi connectivity index (χ0n) is 9.99. The molecule has 1 heterocycles. The maximum atomic E-state index is 12.7. The second-order valence-corrected chi connectivity index (χ2v) is 3.73. The first kappa shape index (κ1) is 13.3. The first-order valence-electron chi connectivity index (χ1n) is 5.49. The van der Waals surface area contributed by atoms with Crippen molar-refractivity contribution in [2.45, 2.75) is 13.1 Å². The van der Waals surface area contributed by atoms with Crippen LogP contribution in [-0.4, -0.2) is 11.8 Å². The van der Waals surface area contributed by atoms with Gasteiger partial charge in [0.2, 0.25) is 5.76 Å². The highest BCUT2D eigenvalue weighted by molar-refractivity contribution is 5.76. The monoisotopic (exact) mass is 272 g/mol. The molecule has 0 saturated carbocycles. The zero-order valence-corrected chi connectivity index (χ0v) is 9.99. The van der Waals surface area contributed by atoms with E-state index in [2.05, 4.69) is 9.68 Å². The molecule has 1 aromatic carbocycles. The van der Waals surface area contributed by atoms with E-state index >= 15 is 0 Å². The maximum absolute atomic E-state index is 12.7. The minimum atomic E-state index is -4.64. The van der Waals surface area contributed by atoms with Crippen molar-refractivity contribution in [1.82, 2.24) is 5.16 Å². The highest BCUT2D eigenvalue weighted by Crippen LogP contribution is 2.40. The van der Waals surface area contributed by atoms with Gasteiger partial charge >= 0.3 is 6.18 Å². The number of ether oxygens (including phenoxy) is 1. The number of aromatic nitrogens is 1. The first-order chi connectivity index (χ1) is 8.93. The molecule has 0 saturated heterocycles. The molecular weight excluding hydrogens is 261 g/mol. The molecule has 0 amide bonds. The van der Waals surface area contributed by atoms with Gasteiger partial charge in [-0.25, -0.2) is 0 Å². The summed E-state index contributed by atoms with van der Waals surface area (Å²) < 4.78 is 47.7. The number of nitrogens with two attached hydrogens (primary N) is 1. The van der Waals surface area contributed by atoms with Crippen LogP contribution < -0.4 is 10.5 Å². The molecule has 0 aliphatic carbocycles. The van der Waals surface area contributed by atoms with Crippen LogP contribution in [0.25, 0.3) is 11.1 Å². The van der Waals surface area contributed by atoms with Gasteiger partial charge in [0.05, 0.1) is 12.2 Å².